The van der Waals surface area contributed by atoms with E-state index in [1.165, 1.54) is 38.9 Å². The number of guanidine groups is 1. The molecule has 0 spiro atoms. The molecule has 1 atom stereocenters. The van der Waals surface area contributed by atoms with E-state index < -0.39 is 0 Å². The van der Waals surface area contributed by atoms with Crippen molar-refractivity contribution in [3.05, 3.63) is 0 Å². The Morgan fingerprint density at radius 3 is 2.76 bits per heavy atom. The first-order chi connectivity index (χ1) is 9.96. The molecule has 124 valence electrons. The first kappa shape index (κ1) is 18.6. The summed E-state index contributed by atoms with van der Waals surface area (Å²) in [6, 6.07) is 0. The average Bonchev–Trinajstić information content (AvgIpc) is 2.46. The largest absolute Gasteiger partial charge is 0.356 e. The Hall–Kier alpha value is -0.420. The molecule has 21 heavy (non-hydrogen) atoms. The Morgan fingerprint density at radius 2 is 2.14 bits per heavy atom. The van der Waals surface area contributed by atoms with Gasteiger partial charge in [-0.25, -0.2) is 0 Å². The highest BCUT2D eigenvalue weighted by molar-refractivity contribution is 7.99. The first-order valence-corrected chi connectivity index (χ1v) is 9.41. The quantitative estimate of drug-likeness (QED) is 0.430. The molecule has 5 heteroatoms. The molecule has 0 aromatic rings. The molecule has 0 amide bonds. The summed E-state index contributed by atoms with van der Waals surface area (Å²) in [5.41, 5.74) is 0. The van der Waals surface area contributed by atoms with Gasteiger partial charge in [-0.3, -0.25) is 4.99 Å². The normalized spacial score (nSPS) is 21.4. The van der Waals surface area contributed by atoms with Crippen molar-refractivity contribution in [2.45, 2.75) is 44.8 Å². The molecule has 1 heterocycles. The fourth-order valence-corrected chi connectivity index (χ4v) is 2.81. The van der Waals surface area contributed by atoms with E-state index in [9.17, 15) is 0 Å². The SMILES string of the molecule is CN=C(NCCCN1CCCC(C)C1)NCC(C)(C)SC. The van der Waals surface area contributed by atoms with E-state index in [1.807, 2.05) is 18.8 Å². The van der Waals surface area contributed by atoms with Gasteiger partial charge >= 0.3 is 0 Å². The smallest absolute Gasteiger partial charge is 0.191 e. The number of hydrogen-bond donors (Lipinski definition) is 2. The summed E-state index contributed by atoms with van der Waals surface area (Å²) in [6.07, 6.45) is 6.09. The number of likely N-dealkylation sites (tertiary alicyclic amines) is 1. The first-order valence-electron chi connectivity index (χ1n) is 8.19. The molecule has 1 fully saturated rings. The highest BCUT2D eigenvalue weighted by Gasteiger charge is 2.17. The number of hydrogen-bond acceptors (Lipinski definition) is 3. The van der Waals surface area contributed by atoms with E-state index >= 15 is 0 Å². The predicted molar refractivity (Wildman–Crippen MR) is 96.4 cm³/mol. The molecule has 1 aliphatic rings. The lowest BCUT2D eigenvalue weighted by atomic mass is 10.0. The number of aliphatic imine (C=N–C) groups is 1. The summed E-state index contributed by atoms with van der Waals surface area (Å²) in [5, 5.41) is 6.83. The average molecular weight is 315 g/mol. The lowest BCUT2D eigenvalue weighted by Gasteiger charge is -2.30. The van der Waals surface area contributed by atoms with Gasteiger partial charge in [-0.15, -0.1) is 0 Å². The summed E-state index contributed by atoms with van der Waals surface area (Å²) >= 11 is 1.87. The van der Waals surface area contributed by atoms with E-state index in [0.29, 0.717) is 0 Å². The van der Waals surface area contributed by atoms with Gasteiger partial charge in [-0.2, -0.15) is 11.8 Å². The topological polar surface area (TPSA) is 39.7 Å². The van der Waals surface area contributed by atoms with Gasteiger partial charge in [0.2, 0.25) is 0 Å². The zero-order valence-electron chi connectivity index (χ0n) is 14.5. The minimum Gasteiger partial charge on any atom is -0.356 e. The van der Waals surface area contributed by atoms with Gasteiger partial charge in [0.1, 0.15) is 0 Å². The summed E-state index contributed by atoms with van der Waals surface area (Å²) in [6.45, 7) is 12.5. The van der Waals surface area contributed by atoms with Crippen molar-refractivity contribution in [1.82, 2.24) is 15.5 Å². The molecule has 1 unspecified atom stereocenters. The highest BCUT2D eigenvalue weighted by atomic mass is 32.2. The van der Waals surface area contributed by atoms with Crippen molar-refractivity contribution in [2.24, 2.45) is 10.9 Å². The van der Waals surface area contributed by atoms with Crippen LogP contribution in [0.25, 0.3) is 0 Å². The van der Waals surface area contributed by atoms with Crippen LogP contribution in [-0.2, 0) is 0 Å². The molecule has 2 N–H and O–H groups in total. The Morgan fingerprint density at radius 1 is 1.38 bits per heavy atom. The maximum Gasteiger partial charge on any atom is 0.191 e. The third-order valence-corrected chi connectivity index (χ3v) is 5.39. The van der Waals surface area contributed by atoms with E-state index in [2.05, 4.69) is 47.6 Å². The standard InChI is InChI=1S/C16H34N4S/c1-14-8-6-10-20(12-14)11-7-9-18-15(17-4)19-13-16(2,3)21-5/h14H,6-13H2,1-5H3,(H2,17,18,19). The molecule has 0 bridgehead atoms. The minimum absolute atomic E-state index is 0.238. The Balaban J connectivity index is 2.15. The van der Waals surface area contributed by atoms with Crippen molar-refractivity contribution in [2.75, 3.05) is 46.0 Å². The zero-order valence-corrected chi connectivity index (χ0v) is 15.4. The van der Waals surface area contributed by atoms with Gasteiger partial charge < -0.3 is 15.5 Å². The molecule has 0 aliphatic carbocycles. The van der Waals surface area contributed by atoms with Crippen LogP contribution >= 0.6 is 11.8 Å². The molecular weight excluding hydrogens is 280 g/mol. The molecule has 0 saturated carbocycles. The number of piperidine rings is 1. The molecule has 1 rings (SSSR count). The second-order valence-electron chi connectivity index (χ2n) is 6.72. The van der Waals surface area contributed by atoms with Crippen molar-refractivity contribution in [3.63, 3.8) is 0 Å². The second kappa shape index (κ2) is 9.57. The van der Waals surface area contributed by atoms with Crippen molar-refractivity contribution < 1.29 is 0 Å². The van der Waals surface area contributed by atoms with Crippen LogP contribution in [0, 0.1) is 5.92 Å². The predicted octanol–water partition coefficient (Wildman–Crippen LogP) is 2.42. The lowest BCUT2D eigenvalue weighted by molar-refractivity contribution is 0.182. The van der Waals surface area contributed by atoms with Crippen LogP contribution in [0.1, 0.15) is 40.0 Å². The molecule has 0 aromatic carbocycles. The van der Waals surface area contributed by atoms with Crippen molar-refractivity contribution in [3.8, 4) is 0 Å². The van der Waals surface area contributed by atoms with E-state index in [1.54, 1.807) is 0 Å². The number of thioether (sulfide) groups is 1. The maximum absolute atomic E-state index is 4.29. The lowest BCUT2D eigenvalue weighted by Crippen LogP contribution is -2.44. The van der Waals surface area contributed by atoms with Gasteiger partial charge in [0.15, 0.2) is 5.96 Å². The zero-order chi connectivity index (χ0) is 15.7. The third-order valence-electron chi connectivity index (χ3n) is 4.14. The number of rotatable bonds is 7. The van der Waals surface area contributed by atoms with Crippen LogP contribution in [0.2, 0.25) is 0 Å². The van der Waals surface area contributed by atoms with Crippen LogP contribution in [-0.4, -0.2) is 61.6 Å². The van der Waals surface area contributed by atoms with E-state index in [4.69, 9.17) is 0 Å². The Labute approximate surface area is 135 Å². The van der Waals surface area contributed by atoms with Crippen LogP contribution in [0.5, 0.6) is 0 Å². The van der Waals surface area contributed by atoms with Gasteiger partial charge in [-0.1, -0.05) is 6.92 Å². The molecule has 0 radical (unpaired) electrons. The summed E-state index contributed by atoms with van der Waals surface area (Å²) < 4.78 is 0.238. The number of nitrogens with zero attached hydrogens (tertiary/aromatic N) is 2. The van der Waals surface area contributed by atoms with Gasteiger partial charge in [0, 0.05) is 31.4 Å². The monoisotopic (exact) mass is 314 g/mol. The second-order valence-corrected chi connectivity index (χ2v) is 8.23. The minimum atomic E-state index is 0.238. The van der Waals surface area contributed by atoms with Crippen LogP contribution in [0.4, 0.5) is 0 Å². The van der Waals surface area contributed by atoms with E-state index in [-0.39, 0.29) is 4.75 Å². The summed E-state index contributed by atoms with van der Waals surface area (Å²) in [4.78, 5) is 6.89. The summed E-state index contributed by atoms with van der Waals surface area (Å²) in [5.74, 6) is 1.79. The molecule has 4 nitrogen and oxygen atoms in total. The van der Waals surface area contributed by atoms with Gasteiger partial charge in [0.05, 0.1) is 0 Å². The van der Waals surface area contributed by atoms with Gasteiger partial charge in [-0.05, 0) is 58.4 Å². The van der Waals surface area contributed by atoms with Crippen molar-refractivity contribution >= 4 is 17.7 Å². The highest BCUT2D eigenvalue weighted by Crippen LogP contribution is 2.19. The molecule has 1 aliphatic heterocycles. The van der Waals surface area contributed by atoms with Crippen LogP contribution in [0.3, 0.4) is 0 Å². The Bertz CT molecular complexity index is 317. The van der Waals surface area contributed by atoms with Crippen LogP contribution < -0.4 is 10.6 Å². The fraction of sp³-hybridized carbons (Fsp3) is 0.938. The molecule has 1 saturated heterocycles. The Kier molecular flexibility index (Phi) is 8.49. The summed E-state index contributed by atoms with van der Waals surface area (Å²) in [7, 11) is 1.84. The van der Waals surface area contributed by atoms with Crippen LogP contribution in [0.15, 0.2) is 4.99 Å². The fourth-order valence-electron chi connectivity index (χ4n) is 2.59. The third kappa shape index (κ3) is 7.96. The van der Waals surface area contributed by atoms with Crippen molar-refractivity contribution in [1.29, 1.82) is 0 Å². The van der Waals surface area contributed by atoms with E-state index in [0.717, 1.165) is 25.0 Å². The maximum atomic E-state index is 4.29. The van der Waals surface area contributed by atoms with Gasteiger partial charge in [0.25, 0.3) is 0 Å². The number of nitrogens with one attached hydrogen (secondary N) is 2. The molecular formula is C16H34N4S. The molecule has 0 aromatic heterocycles.